The number of para-hydroxylation sites is 1. The maximum Gasteiger partial charge on any atom is 0.275 e. The highest BCUT2D eigenvalue weighted by atomic mass is 16.5. The first kappa shape index (κ1) is 17.1. The van der Waals surface area contributed by atoms with Crippen molar-refractivity contribution in [2.24, 2.45) is 5.10 Å². The Morgan fingerprint density at radius 3 is 2.89 bits per heavy atom. The van der Waals surface area contributed by atoms with Crippen LogP contribution in [0.25, 0.3) is 11.0 Å². The lowest BCUT2D eigenvalue weighted by Gasteiger charge is -2.10. The van der Waals surface area contributed by atoms with Crippen molar-refractivity contribution < 1.29 is 19.1 Å². The highest BCUT2D eigenvalue weighted by molar-refractivity contribution is 6.04. The third-order valence-electron chi connectivity index (χ3n) is 4.85. The topological polar surface area (TPSA) is 84.1 Å². The SMILES string of the molecule is COc1ccccc1C(=O)N/N=C\c1c(O)ccc2oc3c(c12)CCCC3. The molecule has 3 aromatic rings. The molecule has 2 N–H and O–H groups in total. The molecule has 1 aliphatic rings. The number of nitrogens with zero attached hydrogens (tertiary/aromatic N) is 1. The monoisotopic (exact) mass is 364 g/mol. The summed E-state index contributed by atoms with van der Waals surface area (Å²) in [4.78, 5) is 12.4. The van der Waals surface area contributed by atoms with Crippen LogP contribution in [0.5, 0.6) is 11.5 Å². The number of hydrazone groups is 1. The summed E-state index contributed by atoms with van der Waals surface area (Å²) in [6, 6.07) is 10.3. The number of carbonyl (C=O) groups is 1. The zero-order chi connectivity index (χ0) is 18.8. The maximum atomic E-state index is 12.4. The minimum atomic E-state index is -0.385. The van der Waals surface area contributed by atoms with Gasteiger partial charge in [0.15, 0.2) is 0 Å². The van der Waals surface area contributed by atoms with Gasteiger partial charge in [-0.3, -0.25) is 4.79 Å². The van der Waals surface area contributed by atoms with Crippen LogP contribution in [0, 0.1) is 0 Å². The van der Waals surface area contributed by atoms with E-state index in [0.29, 0.717) is 16.9 Å². The number of hydrogen-bond acceptors (Lipinski definition) is 5. The number of methoxy groups -OCH3 is 1. The van der Waals surface area contributed by atoms with E-state index >= 15 is 0 Å². The molecule has 0 aliphatic heterocycles. The van der Waals surface area contributed by atoms with Crippen molar-refractivity contribution >= 4 is 23.1 Å². The maximum absolute atomic E-state index is 12.4. The first-order chi connectivity index (χ1) is 13.2. The number of ether oxygens (including phenoxy) is 1. The fourth-order valence-corrected chi connectivity index (χ4v) is 3.55. The van der Waals surface area contributed by atoms with E-state index in [-0.39, 0.29) is 11.7 Å². The summed E-state index contributed by atoms with van der Waals surface area (Å²) < 4.78 is 11.1. The lowest BCUT2D eigenvalue weighted by atomic mass is 9.94. The van der Waals surface area contributed by atoms with Gasteiger partial charge in [-0.25, -0.2) is 5.43 Å². The molecule has 0 radical (unpaired) electrons. The molecular weight excluding hydrogens is 344 g/mol. The summed E-state index contributed by atoms with van der Waals surface area (Å²) in [5.74, 6) is 1.17. The second kappa shape index (κ2) is 7.15. The number of phenolic OH excluding ortho intramolecular Hbond substituents is 1. The number of furan rings is 1. The van der Waals surface area contributed by atoms with Crippen LogP contribution in [0.3, 0.4) is 0 Å². The molecule has 0 bridgehead atoms. The quantitative estimate of drug-likeness (QED) is 0.545. The molecule has 1 aromatic heterocycles. The van der Waals surface area contributed by atoms with E-state index in [1.807, 2.05) is 0 Å². The molecule has 0 atom stereocenters. The van der Waals surface area contributed by atoms with Gasteiger partial charge in [-0.2, -0.15) is 5.10 Å². The Bertz CT molecular complexity index is 1040. The van der Waals surface area contributed by atoms with Gasteiger partial charge in [0.2, 0.25) is 0 Å². The molecule has 138 valence electrons. The van der Waals surface area contributed by atoms with Crippen molar-refractivity contribution in [3.63, 3.8) is 0 Å². The van der Waals surface area contributed by atoms with Crippen LogP contribution in [-0.4, -0.2) is 24.3 Å². The van der Waals surface area contributed by atoms with Crippen LogP contribution < -0.4 is 10.2 Å². The Balaban J connectivity index is 1.64. The summed E-state index contributed by atoms with van der Waals surface area (Å²) >= 11 is 0. The fourth-order valence-electron chi connectivity index (χ4n) is 3.55. The van der Waals surface area contributed by atoms with Crippen LogP contribution >= 0.6 is 0 Å². The Morgan fingerprint density at radius 2 is 2.04 bits per heavy atom. The van der Waals surface area contributed by atoms with Crippen LogP contribution in [0.15, 0.2) is 45.9 Å². The predicted molar refractivity (Wildman–Crippen MR) is 103 cm³/mol. The van der Waals surface area contributed by atoms with Gasteiger partial charge in [-0.1, -0.05) is 12.1 Å². The van der Waals surface area contributed by atoms with E-state index in [1.54, 1.807) is 36.4 Å². The molecule has 0 saturated heterocycles. The van der Waals surface area contributed by atoms with Crippen LogP contribution in [0.2, 0.25) is 0 Å². The molecule has 0 saturated carbocycles. The van der Waals surface area contributed by atoms with E-state index < -0.39 is 0 Å². The normalized spacial score (nSPS) is 13.7. The van der Waals surface area contributed by atoms with Crippen LogP contribution in [0.4, 0.5) is 0 Å². The number of amides is 1. The molecule has 1 heterocycles. The minimum absolute atomic E-state index is 0.104. The molecule has 0 spiro atoms. The van der Waals surface area contributed by atoms with Crippen molar-refractivity contribution in [2.75, 3.05) is 7.11 Å². The zero-order valence-electron chi connectivity index (χ0n) is 15.0. The number of fused-ring (bicyclic) bond motifs is 3. The Morgan fingerprint density at radius 1 is 1.22 bits per heavy atom. The molecule has 1 aliphatic carbocycles. The number of nitrogens with one attached hydrogen (secondary N) is 1. The van der Waals surface area contributed by atoms with E-state index in [2.05, 4.69) is 10.5 Å². The van der Waals surface area contributed by atoms with Crippen molar-refractivity contribution in [3.05, 3.63) is 58.8 Å². The Kier molecular flexibility index (Phi) is 4.54. The van der Waals surface area contributed by atoms with Gasteiger partial charge < -0.3 is 14.3 Å². The van der Waals surface area contributed by atoms with Gasteiger partial charge in [0.25, 0.3) is 5.91 Å². The smallest absolute Gasteiger partial charge is 0.275 e. The number of rotatable bonds is 4. The second-order valence-electron chi connectivity index (χ2n) is 6.48. The van der Waals surface area contributed by atoms with E-state index in [1.165, 1.54) is 13.3 Å². The number of hydrogen-bond donors (Lipinski definition) is 2. The number of aryl methyl sites for hydroxylation is 2. The highest BCUT2D eigenvalue weighted by Crippen LogP contribution is 2.36. The number of carbonyl (C=O) groups excluding carboxylic acids is 1. The average Bonchev–Trinajstić information content (AvgIpc) is 3.08. The largest absolute Gasteiger partial charge is 0.507 e. The van der Waals surface area contributed by atoms with Crippen molar-refractivity contribution in [2.45, 2.75) is 25.7 Å². The molecule has 0 fully saturated rings. The second-order valence-corrected chi connectivity index (χ2v) is 6.48. The molecule has 27 heavy (non-hydrogen) atoms. The van der Waals surface area contributed by atoms with Crippen LogP contribution in [-0.2, 0) is 12.8 Å². The van der Waals surface area contributed by atoms with E-state index in [9.17, 15) is 9.90 Å². The summed E-state index contributed by atoms with van der Waals surface area (Å²) in [5, 5.41) is 15.3. The van der Waals surface area contributed by atoms with Crippen LogP contribution in [0.1, 0.15) is 40.1 Å². The molecule has 4 rings (SSSR count). The highest BCUT2D eigenvalue weighted by Gasteiger charge is 2.21. The van der Waals surface area contributed by atoms with E-state index in [4.69, 9.17) is 9.15 Å². The molecule has 6 heteroatoms. The Labute approximate surface area is 156 Å². The lowest BCUT2D eigenvalue weighted by molar-refractivity contribution is 0.0952. The number of benzene rings is 2. The van der Waals surface area contributed by atoms with Gasteiger partial charge in [0.1, 0.15) is 22.8 Å². The van der Waals surface area contributed by atoms with Gasteiger partial charge in [-0.15, -0.1) is 0 Å². The van der Waals surface area contributed by atoms with Gasteiger partial charge in [0, 0.05) is 22.9 Å². The first-order valence-corrected chi connectivity index (χ1v) is 8.91. The number of phenols is 1. The summed E-state index contributed by atoms with van der Waals surface area (Å²) in [5.41, 5.74) is 5.30. The molecule has 0 unspecified atom stereocenters. The fraction of sp³-hybridized carbons (Fsp3) is 0.238. The van der Waals surface area contributed by atoms with Gasteiger partial charge in [-0.05, 0) is 43.5 Å². The zero-order valence-corrected chi connectivity index (χ0v) is 15.0. The summed E-state index contributed by atoms with van der Waals surface area (Å²) in [6.45, 7) is 0. The molecule has 2 aromatic carbocycles. The van der Waals surface area contributed by atoms with E-state index in [0.717, 1.165) is 48.0 Å². The van der Waals surface area contributed by atoms with Gasteiger partial charge in [0.05, 0.1) is 18.9 Å². The third-order valence-corrected chi connectivity index (χ3v) is 4.85. The summed E-state index contributed by atoms with van der Waals surface area (Å²) in [7, 11) is 1.51. The number of aromatic hydroxyl groups is 1. The van der Waals surface area contributed by atoms with Crippen molar-refractivity contribution in [3.8, 4) is 11.5 Å². The predicted octanol–water partition coefficient (Wildman–Crippen LogP) is 3.79. The molecule has 1 amide bonds. The molecular formula is C21H20N2O4. The average molecular weight is 364 g/mol. The first-order valence-electron chi connectivity index (χ1n) is 8.91. The molecule has 6 nitrogen and oxygen atoms in total. The lowest BCUT2D eigenvalue weighted by Crippen LogP contribution is -2.18. The van der Waals surface area contributed by atoms with Crippen molar-refractivity contribution in [1.29, 1.82) is 0 Å². The Hall–Kier alpha value is -3.28. The summed E-state index contributed by atoms with van der Waals surface area (Å²) in [6.07, 6.45) is 5.50. The van der Waals surface area contributed by atoms with Crippen molar-refractivity contribution in [1.82, 2.24) is 5.43 Å². The minimum Gasteiger partial charge on any atom is -0.507 e. The third kappa shape index (κ3) is 3.14. The standard InChI is InChI=1S/C21H20N2O4/c1-26-17-8-4-3-7-14(17)21(25)23-22-12-15-16(24)10-11-19-20(15)13-6-2-5-9-18(13)27-19/h3-4,7-8,10-12,24H,2,5-6,9H2,1H3,(H,23,25)/b22-12-. The van der Waals surface area contributed by atoms with Gasteiger partial charge >= 0.3 is 0 Å².